The Morgan fingerprint density at radius 2 is 1.49 bits per heavy atom. The highest BCUT2D eigenvalue weighted by molar-refractivity contribution is 6.35. The molecule has 0 N–H and O–H groups in total. The zero-order valence-corrected chi connectivity index (χ0v) is 20.5. The van der Waals surface area contributed by atoms with Crippen molar-refractivity contribution >= 4 is 40.7 Å². The molecule has 4 aromatic rings. The van der Waals surface area contributed by atoms with Crippen LogP contribution in [-0.2, 0) is 6.61 Å². The minimum absolute atomic E-state index is 0.566. The molecule has 0 saturated carbocycles. The molecule has 0 aliphatic carbocycles. The van der Waals surface area contributed by atoms with Gasteiger partial charge in [-0.25, -0.2) is 0 Å². The zero-order chi connectivity index (χ0) is 24.0. The lowest BCUT2D eigenvalue weighted by atomic mass is 10.0. The minimum Gasteiger partial charge on any atom is -0.489 e. The number of nitrogens with zero attached hydrogens (tertiary/aromatic N) is 1. The number of hydrogen-bond donors (Lipinski definition) is 0. The summed E-state index contributed by atoms with van der Waals surface area (Å²) in [6.45, 7) is 0.566. The van der Waals surface area contributed by atoms with Crippen LogP contribution in [0.4, 0.5) is 0 Å². The van der Waals surface area contributed by atoms with E-state index >= 15 is 0 Å². The number of ether oxygens (including phenoxy) is 1. The summed E-state index contributed by atoms with van der Waals surface area (Å²) in [5.74, 6) is 0.863. The van der Waals surface area contributed by atoms with Crippen molar-refractivity contribution < 1.29 is 4.74 Å². The van der Waals surface area contributed by atoms with Gasteiger partial charge in [-0.1, -0.05) is 102 Å². The Bertz CT molecular complexity index is 1400. The molecule has 35 heavy (non-hydrogen) atoms. The fraction of sp³-hybridized carbons (Fsp3) is 0.0645. The molecule has 2 nitrogen and oxygen atoms in total. The summed E-state index contributed by atoms with van der Waals surface area (Å²) >= 11 is 12.3. The van der Waals surface area contributed by atoms with Gasteiger partial charge in [-0.3, -0.25) is 4.99 Å². The quantitative estimate of drug-likeness (QED) is 0.250. The third-order valence-corrected chi connectivity index (χ3v) is 6.34. The SMILES string of the molecule is Clc1ccc(C2=CCC(/C=C/c3ccc(-c4ccc(OCc5ccccc5)cc4)cc3)=N2)c(Cl)c1. The molecule has 0 aromatic heterocycles. The summed E-state index contributed by atoms with van der Waals surface area (Å²) in [7, 11) is 0. The van der Waals surface area contributed by atoms with E-state index in [1.54, 1.807) is 6.07 Å². The average molecular weight is 496 g/mol. The van der Waals surface area contributed by atoms with Gasteiger partial charge in [-0.05, 0) is 58.7 Å². The van der Waals surface area contributed by atoms with E-state index in [0.29, 0.717) is 16.7 Å². The first-order valence-corrected chi connectivity index (χ1v) is 12.2. The van der Waals surface area contributed by atoms with Gasteiger partial charge in [0.15, 0.2) is 0 Å². The fourth-order valence-electron chi connectivity index (χ4n) is 3.88. The van der Waals surface area contributed by atoms with Gasteiger partial charge in [0.25, 0.3) is 0 Å². The maximum atomic E-state index is 6.33. The highest BCUT2D eigenvalue weighted by Gasteiger charge is 2.12. The Kier molecular flexibility index (Phi) is 7.13. The summed E-state index contributed by atoms with van der Waals surface area (Å²) in [5.41, 5.74) is 7.39. The molecular formula is C31H23Cl2NO. The van der Waals surface area contributed by atoms with Crippen LogP contribution in [-0.4, -0.2) is 5.71 Å². The normalized spacial score (nSPS) is 13.1. The first-order chi connectivity index (χ1) is 17.1. The fourth-order valence-corrected chi connectivity index (χ4v) is 4.39. The molecule has 4 heteroatoms. The maximum absolute atomic E-state index is 6.33. The lowest BCUT2D eigenvalue weighted by Crippen LogP contribution is -1.94. The molecule has 0 amide bonds. The second kappa shape index (κ2) is 10.8. The molecule has 0 spiro atoms. The Morgan fingerprint density at radius 3 is 2.20 bits per heavy atom. The highest BCUT2D eigenvalue weighted by atomic mass is 35.5. The lowest BCUT2D eigenvalue weighted by molar-refractivity contribution is 0.306. The number of hydrogen-bond acceptors (Lipinski definition) is 2. The van der Waals surface area contributed by atoms with Gasteiger partial charge in [0.1, 0.15) is 12.4 Å². The van der Waals surface area contributed by atoms with Gasteiger partial charge in [-0.15, -0.1) is 0 Å². The first-order valence-electron chi connectivity index (χ1n) is 11.4. The van der Waals surface area contributed by atoms with Gasteiger partial charge in [-0.2, -0.15) is 0 Å². The van der Waals surface area contributed by atoms with E-state index in [1.807, 2.05) is 42.5 Å². The number of rotatable bonds is 7. The largest absolute Gasteiger partial charge is 0.489 e. The molecule has 0 bridgehead atoms. The Hall–Kier alpha value is -3.59. The summed E-state index contributed by atoms with van der Waals surface area (Å²) in [6.07, 6.45) is 7.01. The molecule has 1 aliphatic rings. The molecular weight excluding hydrogens is 473 g/mol. The number of halogens is 2. The van der Waals surface area contributed by atoms with Crippen LogP contribution in [0.25, 0.3) is 22.9 Å². The van der Waals surface area contributed by atoms with Crippen molar-refractivity contribution in [2.24, 2.45) is 4.99 Å². The van der Waals surface area contributed by atoms with Gasteiger partial charge >= 0.3 is 0 Å². The van der Waals surface area contributed by atoms with Crippen molar-refractivity contribution in [1.29, 1.82) is 0 Å². The zero-order valence-electron chi connectivity index (χ0n) is 19.0. The standard InChI is InChI=1S/C31H23Cl2NO/c32-26-13-18-29(30(33)20-26)31-19-15-27(34-31)14-8-22-6-9-24(10-7-22)25-11-16-28(17-12-25)35-21-23-4-2-1-3-5-23/h1-14,16-20H,15,21H2/b14-8+. The van der Waals surface area contributed by atoms with Crippen LogP contribution < -0.4 is 4.74 Å². The Morgan fingerprint density at radius 1 is 0.771 bits per heavy atom. The number of benzene rings is 4. The molecule has 0 radical (unpaired) electrons. The summed E-state index contributed by atoms with van der Waals surface area (Å²) in [4.78, 5) is 4.72. The van der Waals surface area contributed by atoms with Crippen LogP contribution >= 0.6 is 23.2 Å². The van der Waals surface area contributed by atoms with Crippen molar-refractivity contribution in [3.05, 3.63) is 136 Å². The van der Waals surface area contributed by atoms with E-state index in [0.717, 1.165) is 51.4 Å². The lowest BCUT2D eigenvalue weighted by Gasteiger charge is -2.08. The van der Waals surface area contributed by atoms with Crippen LogP contribution in [0.1, 0.15) is 23.1 Å². The van der Waals surface area contributed by atoms with Gasteiger partial charge in [0, 0.05) is 22.7 Å². The smallest absolute Gasteiger partial charge is 0.119 e. The van der Waals surface area contributed by atoms with E-state index in [4.69, 9.17) is 32.9 Å². The predicted molar refractivity (Wildman–Crippen MR) is 148 cm³/mol. The third kappa shape index (κ3) is 5.92. The second-order valence-corrected chi connectivity index (χ2v) is 9.12. The third-order valence-electron chi connectivity index (χ3n) is 5.79. The molecule has 0 unspecified atom stereocenters. The van der Waals surface area contributed by atoms with Crippen LogP contribution in [0.5, 0.6) is 5.75 Å². The van der Waals surface area contributed by atoms with Crippen molar-refractivity contribution in [2.75, 3.05) is 0 Å². The number of aliphatic imine (C=N–C) groups is 1. The second-order valence-electron chi connectivity index (χ2n) is 8.27. The molecule has 5 rings (SSSR count). The van der Waals surface area contributed by atoms with Gasteiger partial charge < -0.3 is 4.74 Å². The van der Waals surface area contributed by atoms with E-state index in [1.165, 1.54) is 0 Å². The summed E-state index contributed by atoms with van der Waals surface area (Å²) in [6, 6.07) is 32.4. The van der Waals surface area contributed by atoms with Crippen LogP contribution in [0, 0.1) is 0 Å². The molecule has 1 heterocycles. The van der Waals surface area contributed by atoms with E-state index in [9.17, 15) is 0 Å². The molecule has 0 atom stereocenters. The Balaban J connectivity index is 1.20. The van der Waals surface area contributed by atoms with Crippen molar-refractivity contribution in [2.45, 2.75) is 13.0 Å². The summed E-state index contributed by atoms with van der Waals surface area (Å²) in [5, 5.41) is 1.24. The maximum Gasteiger partial charge on any atom is 0.119 e. The molecule has 1 aliphatic heterocycles. The van der Waals surface area contributed by atoms with Crippen LogP contribution in [0.15, 0.2) is 114 Å². The highest BCUT2D eigenvalue weighted by Crippen LogP contribution is 2.31. The molecule has 4 aromatic carbocycles. The monoisotopic (exact) mass is 495 g/mol. The van der Waals surface area contributed by atoms with E-state index in [-0.39, 0.29) is 0 Å². The minimum atomic E-state index is 0.566. The first kappa shape index (κ1) is 23.2. The Labute approximate surface area is 215 Å². The average Bonchev–Trinajstić information content (AvgIpc) is 3.36. The topological polar surface area (TPSA) is 21.6 Å². The van der Waals surface area contributed by atoms with Gasteiger partial charge in [0.05, 0.1) is 10.7 Å². The molecule has 172 valence electrons. The molecule has 0 fully saturated rings. The van der Waals surface area contributed by atoms with Crippen molar-refractivity contribution in [3.63, 3.8) is 0 Å². The van der Waals surface area contributed by atoms with Gasteiger partial charge in [0.2, 0.25) is 0 Å². The van der Waals surface area contributed by atoms with E-state index in [2.05, 4.69) is 66.8 Å². The van der Waals surface area contributed by atoms with Crippen molar-refractivity contribution in [3.8, 4) is 16.9 Å². The predicted octanol–water partition coefficient (Wildman–Crippen LogP) is 9.14. The summed E-state index contributed by atoms with van der Waals surface area (Å²) < 4.78 is 5.89. The van der Waals surface area contributed by atoms with E-state index < -0.39 is 0 Å². The van der Waals surface area contributed by atoms with Crippen LogP contribution in [0.3, 0.4) is 0 Å². The number of allylic oxidation sites excluding steroid dienone is 2. The molecule has 0 saturated heterocycles. The van der Waals surface area contributed by atoms with Crippen LogP contribution in [0.2, 0.25) is 10.0 Å². The van der Waals surface area contributed by atoms with Crippen molar-refractivity contribution in [1.82, 2.24) is 0 Å².